The molecule has 0 aliphatic heterocycles. The number of H-pyrrole nitrogens is 1. The Morgan fingerprint density at radius 3 is 2.51 bits per heavy atom. The summed E-state index contributed by atoms with van der Waals surface area (Å²) in [7, 11) is 0. The van der Waals surface area contributed by atoms with Gasteiger partial charge in [0.1, 0.15) is 5.76 Å². The quantitative estimate of drug-likeness (QED) is 0.405. The van der Waals surface area contributed by atoms with Gasteiger partial charge in [0.15, 0.2) is 0 Å². The summed E-state index contributed by atoms with van der Waals surface area (Å²) < 4.78 is 6.67. The molecule has 0 fully saturated rings. The fraction of sp³-hybridized carbons (Fsp3) is 0.179. The van der Waals surface area contributed by atoms with Crippen LogP contribution in [0.4, 0.5) is 0 Å². The Kier molecular flexibility index (Phi) is 5.40. The highest BCUT2D eigenvalue weighted by molar-refractivity contribution is 5.84. The number of hydrogen-bond acceptors (Lipinski definition) is 4. The molecule has 2 N–H and O–H groups in total. The lowest BCUT2D eigenvalue weighted by atomic mass is 9.81. The Balaban J connectivity index is 1.72. The zero-order valence-electron chi connectivity index (χ0n) is 19.6. The standard InChI is InChI=1S/C28H24N2O5/c1-15-4-8-21-18(12-15)6-10-20-17(3)16(2)5-9-22(20)25(21)23-14-30(28(34)29-26(23)31)13-19-7-11-24(35-19)27(32)33/h4-12,14,25H,13H2,1-3H3,(H,32,33)(H,29,31,34). The van der Waals surface area contributed by atoms with Crippen molar-refractivity contribution >= 4 is 18.1 Å². The van der Waals surface area contributed by atoms with E-state index in [1.807, 2.05) is 25.1 Å². The van der Waals surface area contributed by atoms with Gasteiger partial charge < -0.3 is 9.52 Å². The topological polar surface area (TPSA) is 105 Å². The number of aromatic nitrogens is 2. The average Bonchev–Trinajstić information content (AvgIpc) is 3.22. The molecule has 0 saturated heterocycles. The van der Waals surface area contributed by atoms with Gasteiger partial charge in [0.25, 0.3) is 5.56 Å². The van der Waals surface area contributed by atoms with Gasteiger partial charge in [-0.25, -0.2) is 9.59 Å². The Labute approximate surface area is 201 Å². The summed E-state index contributed by atoms with van der Waals surface area (Å²) >= 11 is 0. The van der Waals surface area contributed by atoms with Crippen molar-refractivity contribution in [2.75, 3.05) is 0 Å². The van der Waals surface area contributed by atoms with Crippen molar-refractivity contribution in [3.63, 3.8) is 0 Å². The predicted octanol–water partition coefficient (Wildman–Crippen LogP) is 4.47. The fourth-order valence-corrected chi connectivity index (χ4v) is 4.70. The molecule has 0 radical (unpaired) electrons. The second-order valence-electron chi connectivity index (χ2n) is 8.95. The van der Waals surface area contributed by atoms with Crippen LogP contribution in [0.3, 0.4) is 0 Å². The third kappa shape index (κ3) is 3.95. The van der Waals surface area contributed by atoms with Crippen molar-refractivity contribution < 1.29 is 14.3 Å². The van der Waals surface area contributed by atoms with Crippen LogP contribution in [-0.2, 0) is 6.54 Å². The lowest BCUT2D eigenvalue weighted by Gasteiger charge is -2.22. The first-order valence-corrected chi connectivity index (χ1v) is 11.3. The molecule has 0 amide bonds. The van der Waals surface area contributed by atoms with Crippen LogP contribution in [0.25, 0.3) is 12.2 Å². The van der Waals surface area contributed by atoms with Crippen molar-refractivity contribution in [3.8, 4) is 0 Å². The van der Waals surface area contributed by atoms with E-state index in [0.717, 1.165) is 38.9 Å². The van der Waals surface area contributed by atoms with Crippen LogP contribution in [0, 0.1) is 20.8 Å². The molecule has 1 aliphatic carbocycles. The monoisotopic (exact) mass is 468 g/mol. The number of rotatable bonds is 4. The van der Waals surface area contributed by atoms with Gasteiger partial charge in [-0.2, -0.15) is 0 Å². The van der Waals surface area contributed by atoms with Gasteiger partial charge >= 0.3 is 11.7 Å². The number of benzene rings is 2. The highest BCUT2D eigenvalue weighted by Crippen LogP contribution is 2.39. The first kappa shape index (κ1) is 22.4. The smallest absolute Gasteiger partial charge is 0.371 e. The van der Waals surface area contributed by atoms with Crippen LogP contribution in [-0.4, -0.2) is 20.6 Å². The largest absolute Gasteiger partial charge is 0.475 e. The lowest BCUT2D eigenvalue weighted by Crippen LogP contribution is -2.33. The zero-order chi connectivity index (χ0) is 24.9. The summed E-state index contributed by atoms with van der Waals surface area (Å²) in [5.74, 6) is -1.51. The van der Waals surface area contributed by atoms with Crippen molar-refractivity contribution in [1.82, 2.24) is 9.55 Å². The van der Waals surface area contributed by atoms with Gasteiger partial charge in [0, 0.05) is 17.7 Å². The van der Waals surface area contributed by atoms with E-state index in [2.05, 4.69) is 43.1 Å². The van der Waals surface area contributed by atoms with Crippen LogP contribution in [0.1, 0.15) is 66.7 Å². The van der Waals surface area contributed by atoms with E-state index in [1.165, 1.54) is 16.7 Å². The number of aromatic amines is 1. The molecule has 0 spiro atoms. The highest BCUT2D eigenvalue weighted by atomic mass is 16.4. The zero-order valence-corrected chi connectivity index (χ0v) is 19.6. The molecule has 2 heterocycles. The lowest BCUT2D eigenvalue weighted by molar-refractivity contribution is 0.0660. The van der Waals surface area contributed by atoms with Crippen LogP contribution in [0.2, 0.25) is 0 Å². The van der Waals surface area contributed by atoms with Crippen LogP contribution >= 0.6 is 0 Å². The minimum atomic E-state index is -1.19. The molecule has 0 bridgehead atoms. The number of nitrogens with one attached hydrogen (secondary N) is 1. The minimum Gasteiger partial charge on any atom is -0.475 e. The molecule has 5 rings (SSSR count). The molecule has 7 heteroatoms. The van der Waals surface area contributed by atoms with Crippen molar-refractivity contribution in [3.05, 3.63) is 126 Å². The molecular formula is C28H24N2O5. The highest BCUT2D eigenvalue weighted by Gasteiger charge is 2.27. The Morgan fingerprint density at radius 2 is 1.77 bits per heavy atom. The van der Waals surface area contributed by atoms with E-state index >= 15 is 0 Å². The molecule has 176 valence electrons. The third-order valence-corrected chi connectivity index (χ3v) is 6.66. The number of aromatic carboxylic acids is 1. The number of carboxylic acid groups (broad SMARTS) is 1. The van der Waals surface area contributed by atoms with E-state index < -0.39 is 23.1 Å². The third-order valence-electron chi connectivity index (χ3n) is 6.66. The Hall–Kier alpha value is -4.39. The van der Waals surface area contributed by atoms with Gasteiger partial charge in [-0.15, -0.1) is 0 Å². The van der Waals surface area contributed by atoms with Gasteiger partial charge in [0.2, 0.25) is 5.76 Å². The van der Waals surface area contributed by atoms with Gasteiger partial charge in [-0.3, -0.25) is 14.3 Å². The van der Waals surface area contributed by atoms with Crippen LogP contribution in [0.15, 0.2) is 62.7 Å². The van der Waals surface area contributed by atoms with Crippen LogP contribution < -0.4 is 11.2 Å². The molecule has 4 aromatic rings. The Morgan fingerprint density at radius 1 is 1.00 bits per heavy atom. The van der Waals surface area contributed by atoms with E-state index in [9.17, 15) is 14.4 Å². The first-order valence-electron chi connectivity index (χ1n) is 11.3. The van der Waals surface area contributed by atoms with Crippen molar-refractivity contribution in [2.45, 2.75) is 33.2 Å². The summed E-state index contributed by atoms with van der Waals surface area (Å²) in [5, 5.41) is 9.13. The van der Waals surface area contributed by atoms with E-state index in [0.29, 0.717) is 11.3 Å². The summed E-state index contributed by atoms with van der Waals surface area (Å²) in [6.07, 6.45) is 5.73. The van der Waals surface area contributed by atoms with Gasteiger partial charge in [0.05, 0.1) is 6.54 Å². The summed E-state index contributed by atoms with van der Waals surface area (Å²) in [6, 6.07) is 13.1. The number of carboxylic acids is 1. The molecule has 2 aromatic carbocycles. The molecular weight excluding hydrogens is 444 g/mol. The predicted molar refractivity (Wildman–Crippen MR) is 133 cm³/mol. The fourth-order valence-electron chi connectivity index (χ4n) is 4.70. The number of furan rings is 1. The molecule has 1 atom stereocenters. The van der Waals surface area contributed by atoms with Gasteiger partial charge in [-0.1, -0.05) is 48.0 Å². The van der Waals surface area contributed by atoms with E-state index in [4.69, 9.17) is 9.52 Å². The minimum absolute atomic E-state index is 0.0125. The van der Waals surface area contributed by atoms with Crippen molar-refractivity contribution in [1.29, 1.82) is 0 Å². The normalized spacial score (nSPS) is 14.3. The molecule has 2 aromatic heterocycles. The SMILES string of the molecule is Cc1ccc2c(c1)C=Cc1c(ccc(C)c1C)C2c1cn(Cc2ccc(C(=O)O)o2)c(=O)[nH]c1=O. The van der Waals surface area contributed by atoms with Crippen molar-refractivity contribution in [2.24, 2.45) is 0 Å². The Bertz CT molecular complexity index is 1630. The number of carbonyl (C=O) groups is 1. The second kappa shape index (κ2) is 8.43. The van der Waals surface area contributed by atoms with E-state index in [-0.39, 0.29) is 12.3 Å². The molecule has 7 nitrogen and oxygen atoms in total. The van der Waals surface area contributed by atoms with Gasteiger partial charge in [-0.05, 0) is 66.3 Å². The summed E-state index contributed by atoms with van der Waals surface area (Å²) in [5.41, 5.74) is 6.78. The number of nitrogens with zero attached hydrogens (tertiary/aromatic N) is 1. The molecule has 0 saturated carbocycles. The maximum Gasteiger partial charge on any atom is 0.371 e. The first-order chi connectivity index (χ1) is 16.7. The molecule has 35 heavy (non-hydrogen) atoms. The number of fused-ring (bicyclic) bond motifs is 2. The number of aryl methyl sites for hydroxylation is 2. The van der Waals surface area contributed by atoms with Crippen LogP contribution in [0.5, 0.6) is 0 Å². The summed E-state index contributed by atoms with van der Waals surface area (Å²) in [4.78, 5) is 39.5. The summed E-state index contributed by atoms with van der Waals surface area (Å²) in [6.45, 7) is 6.14. The molecule has 1 aliphatic rings. The number of hydrogen-bond donors (Lipinski definition) is 2. The van der Waals surface area contributed by atoms with E-state index in [1.54, 1.807) is 6.20 Å². The second-order valence-corrected chi connectivity index (χ2v) is 8.95. The maximum absolute atomic E-state index is 13.2. The molecule has 1 unspecified atom stereocenters. The average molecular weight is 469 g/mol. The maximum atomic E-state index is 13.2.